The van der Waals surface area contributed by atoms with E-state index in [2.05, 4.69) is 29.0 Å². The summed E-state index contributed by atoms with van der Waals surface area (Å²) in [5.41, 5.74) is 0.900. The van der Waals surface area contributed by atoms with Gasteiger partial charge in [-0.2, -0.15) is 0 Å². The second kappa shape index (κ2) is 9.66. The third-order valence-electron chi connectivity index (χ3n) is 3.04. The highest BCUT2D eigenvalue weighted by Crippen LogP contribution is 2.18. The van der Waals surface area contributed by atoms with Gasteiger partial charge in [-0.15, -0.1) is 0 Å². The third-order valence-corrected chi connectivity index (χ3v) is 3.04. The summed E-state index contributed by atoms with van der Waals surface area (Å²) in [7, 11) is 0. The lowest BCUT2D eigenvalue weighted by molar-refractivity contribution is 0.154. The van der Waals surface area contributed by atoms with Gasteiger partial charge in [0.1, 0.15) is 11.6 Å². The van der Waals surface area contributed by atoms with Crippen LogP contribution in [0.15, 0.2) is 12.3 Å². The lowest BCUT2D eigenvalue weighted by Crippen LogP contribution is -2.30. The van der Waals surface area contributed by atoms with Crippen LogP contribution in [0.3, 0.4) is 0 Å². The van der Waals surface area contributed by atoms with Gasteiger partial charge in [0, 0.05) is 31.8 Å². The van der Waals surface area contributed by atoms with E-state index in [1.165, 1.54) is 6.20 Å². The molecule has 0 aromatic carbocycles. The molecule has 4 nitrogen and oxygen atoms in total. The number of ether oxygens (including phenoxy) is 1. The standard InChI is InChI=1S/C15H26FN3O/c1-4-7-17-11-13-10-14(16)12-18-15(13)19(5-2)8-9-20-6-3/h10,12,17H,4-9,11H2,1-3H3. The fraction of sp³-hybridized carbons (Fsp3) is 0.667. The molecular formula is C15H26FN3O. The van der Waals surface area contributed by atoms with Crippen LogP contribution in [-0.4, -0.2) is 37.8 Å². The molecular weight excluding hydrogens is 257 g/mol. The zero-order valence-corrected chi connectivity index (χ0v) is 12.8. The highest BCUT2D eigenvalue weighted by atomic mass is 19.1. The zero-order chi connectivity index (χ0) is 14.8. The summed E-state index contributed by atoms with van der Waals surface area (Å²) in [4.78, 5) is 6.39. The Labute approximate surface area is 121 Å². The Morgan fingerprint density at radius 2 is 2.15 bits per heavy atom. The van der Waals surface area contributed by atoms with Gasteiger partial charge in [0.2, 0.25) is 0 Å². The van der Waals surface area contributed by atoms with E-state index in [1.807, 2.05) is 6.92 Å². The second-order valence-electron chi connectivity index (χ2n) is 4.59. The maximum Gasteiger partial charge on any atom is 0.141 e. The van der Waals surface area contributed by atoms with Gasteiger partial charge >= 0.3 is 0 Å². The van der Waals surface area contributed by atoms with Crippen molar-refractivity contribution < 1.29 is 9.13 Å². The molecule has 5 heteroatoms. The van der Waals surface area contributed by atoms with E-state index in [0.29, 0.717) is 19.8 Å². The quantitative estimate of drug-likeness (QED) is 0.670. The van der Waals surface area contributed by atoms with Gasteiger partial charge in [0.25, 0.3) is 0 Å². The number of hydrogen-bond acceptors (Lipinski definition) is 4. The SMILES string of the molecule is CCCNCc1cc(F)cnc1N(CC)CCOCC. The fourth-order valence-electron chi connectivity index (χ4n) is 2.02. The van der Waals surface area contributed by atoms with E-state index in [0.717, 1.165) is 37.4 Å². The number of likely N-dealkylation sites (N-methyl/N-ethyl adjacent to an activating group) is 1. The van der Waals surface area contributed by atoms with Crippen LogP contribution in [-0.2, 0) is 11.3 Å². The van der Waals surface area contributed by atoms with Crippen LogP contribution in [0.25, 0.3) is 0 Å². The molecule has 0 amide bonds. The molecule has 0 unspecified atom stereocenters. The van der Waals surface area contributed by atoms with Gasteiger partial charge in [0.15, 0.2) is 0 Å². The molecule has 1 heterocycles. The highest BCUT2D eigenvalue weighted by Gasteiger charge is 2.12. The van der Waals surface area contributed by atoms with Crippen molar-refractivity contribution >= 4 is 5.82 Å². The number of anilines is 1. The van der Waals surface area contributed by atoms with Crippen molar-refractivity contribution in [3.05, 3.63) is 23.6 Å². The lowest BCUT2D eigenvalue weighted by Gasteiger charge is -2.24. The maximum absolute atomic E-state index is 13.4. The van der Waals surface area contributed by atoms with Crippen LogP contribution in [0.2, 0.25) is 0 Å². The Kier molecular flexibility index (Phi) is 8.14. The number of nitrogens with one attached hydrogen (secondary N) is 1. The second-order valence-corrected chi connectivity index (χ2v) is 4.59. The van der Waals surface area contributed by atoms with Crippen LogP contribution in [0.1, 0.15) is 32.8 Å². The first-order valence-electron chi connectivity index (χ1n) is 7.40. The number of nitrogens with zero attached hydrogens (tertiary/aromatic N) is 2. The summed E-state index contributed by atoms with van der Waals surface area (Å²) >= 11 is 0. The van der Waals surface area contributed by atoms with Gasteiger partial charge in [-0.05, 0) is 32.9 Å². The molecule has 1 rings (SSSR count). The average Bonchev–Trinajstić information content (AvgIpc) is 2.45. The first-order valence-corrected chi connectivity index (χ1v) is 7.40. The van der Waals surface area contributed by atoms with E-state index < -0.39 is 0 Å². The van der Waals surface area contributed by atoms with E-state index in [9.17, 15) is 4.39 Å². The predicted molar refractivity (Wildman–Crippen MR) is 80.6 cm³/mol. The van der Waals surface area contributed by atoms with Gasteiger partial charge < -0.3 is 15.0 Å². The third kappa shape index (κ3) is 5.43. The molecule has 0 radical (unpaired) electrons. The molecule has 20 heavy (non-hydrogen) atoms. The van der Waals surface area contributed by atoms with Crippen molar-refractivity contribution in [2.24, 2.45) is 0 Å². The van der Waals surface area contributed by atoms with Crippen LogP contribution in [0.5, 0.6) is 0 Å². The number of rotatable bonds is 10. The van der Waals surface area contributed by atoms with Crippen molar-refractivity contribution in [3.8, 4) is 0 Å². The monoisotopic (exact) mass is 283 g/mol. The van der Waals surface area contributed by atoms with Gasteiger partial charge in [-0.25, -0.2) is 9.37 Å². The molecule has 0 fully saturated rings. The zero-order valence-electron chi connectivity index (χ0n) is 12.8. The summed E-state index contributed by atoms with van der Waals surface area (Å²) in [6.45, 7) is 10.7. The minimum atomic E-state index is -0.289. The Morgan fingerprint density at radius 3 is 2.80 bits per heavy atom. The average molecular weight is 283 g/mol. The molecule has 1 N–H and O–H groups in total. The summed E-state index contributed by atoms with van der Waals surface area (Å²) in [6, 6.07) is 1.56. The summed E-state index contributed by atoms with van der Waals surface area (Å²) in [6.07, 6.45) is 2.34. The minimum absolute atomic E-state index is 0.289. The predicted octanol–water partition coefficient (Wildman–Crippen LogP) is 2.58. The van der Waals surface area contributed by atoms with Crippen molar-refractivity contribution in [1.82, 2.24) is 10.3 Å². The van der Waals surface area contributed by atoms with E-state index >= 15 is 0 Å². The summed E-state index contributed by atoms with van der Waals surface area (Å²) in [5, 5.41) is 3.30. The molecule has 0 bridgehead atoms. The van der Waals surface area contributed by atoms with E-state index in [1.54, 1.807) is 6.07 Å². The van der Waals surface area contributed by atoms with E-state index in [4.69, 9.17) is 4.74 Å². The normalized spacial score (nSPS) is 10.8. The van der Waals surface area contributed by atoms with Gasteiger partial charge in [-0.3, -0.25) is 0 Å². The molecule has 0 atom stereocenters. The Morgan fingerprint density at radius 1 is 1.35 bits per heavy atom. The van der Waals surface area contributed by atoms with Crippen molar-refractivity contribution in [2.75, 3.05) is 37.7 Å². The fourth-order valence-corrected chi connectivity index (χ4v) is 2.02. The molecule has 0 aliphatic carbocycles. The molecule has 0 aliphatic rings. The topological polar surface area (TPSA) is 37.4 Å². The van der Waals surface area contributed by atoms with Crippen molar-refractivity contribution in [1.29, 1.82) is 0 Å². The number of halogens is 1. The van der Waals surface area contributed by atoms with Crippen molar-refractivity contribution in [2.45, 2.75) is 33.7 Å². The van der Waals surface area contributed by atoms with Crippen LogP contribution in [0.4, 0.5) is 10.2 Å². The van der Waals surface area contributed by atoms with Crippen molar-refractivity contribution in [3.63, 3.8) is 0 Å². The molecule has 0 spiro atoms. The smallest absolute Gasteiger partial charge is 0.141 e. The first kappa shape index (κ1) is 16.9. The van der Waals surface area contributed by atoms with Crippen LogP contribution >= 0.6 is 0 Å². The van der Waals surface area contributed by atoms with E-state index in [-0.39, 0.29) is 5.82 Å². The van der Waals surface area contributed by atoms with Crippen LogP contribution in [0, 0.1) is 5.82 Å². The lowest BCUT2D eigenvalue weighted by atomic mass is 10.2. The number of pyridine rings is 1. The summed E-state index contributed by atoms with van der Waals surface area (Å²) in [5.74, 6) is 0.556. The Balaban J connectivity index is 2.78. The summed E-state index contributed by atoms with van der Waals surface area (Å²) < 4.78 is 18.8. The molecule has 0 saturated heterocycles. The Bertz CT molecular complexity index is 387. The van der Waals surface area contributed by atoms with Gasteiger partial charge in [-0.1, -0.05) is 6.92 Å². The molecule has 1 aromatic heterocycles. The maximum atomic E-state index is 13.4. The molecule has 114 valence electrons. The molecule has 1 aromatic rings. The molecule has 0 aliphatic heterocycles. The largest absolute Gasteiger partial charge is 0.380 e. The first-order chi connectivity index (χ1) is 9.72. The highest BCUT2D eigenvalue weighted by molar-refractivity contribution is 5.46. The number of hydrogen-bond donors (Lipinski definition) is 1. The van der Waals surface area contributed by atoms with Crippen LogP contribution < -0.4 is 10.2 Å². The minimum Gasteiger partial charge on any atom is -0.380 e. The molecule has 0 saturated carbocycles. The van der Waals surface area contributed by atoms with Gasteiger partial charge in [0.05, 0.1) is 12.8 Å². The Hall–Kier alpha value is -1.20. The number of aromatic nitrogens is 1.